The van der Waals surface area contributed by atoms with E-state index in [1.54, 1.807) is 7.05 Å². The molecule has 3 nitrogen and oxygen atoms in total. The molecule has 0 aromatic heterocycles. The summed E-state index contributed by atoms with van der Waals surface area (Å²) >= 11 is 0. The van der Waals surface area contributed by atoms with E-state index in [0.29, 0.717) is 17.7 Å². The van der Waals surface area contributed by atoms with Crippen LogP contribution in [0.1, 0.15) is 33.6 Å². The van der Waals surface area contributed by atoms with Gasteiger partial charge in [-0.1, -0.05) is 13.8 Å². The van der Waals surface area contributed by atoms with E-state index >= 15 is 0 Å². The third-order valence-corrected chi connectivity index (χ3v) is 2.61. The molecule has 0 unspecified atom stereocenters. The molecule has 0 saturated carbocycles. The standard InChI is InChI=1S/C11H18N2O/c1-7(13-4)10-8(12)5-11(2,3)6-9(10)14/h5-6,12H2,1-4H3. The number of aliphatic imine (C=N–C) groups is 1. The number of hydrogen-bond acceptors (Lipinski definition) is 3. The summed E-state index contributed by atoms with van der Waals surface area (Å²) in [6.07, 6.45) is 1.34. The highest BCUT2D eigenvalue weighted by atomic mass is 16.1. The lowest BCUT2D eigenvalue weighted by atomic mass is 9.75. The highest BCUT2D eigenvalue weighted by Crippen LogP contribution is 2.35. The van der Waals surface area contributed by atoms with Gasteiger partial charge in [-0.15, -0.1) is 0 Å². The molecular formula is C11H18N2O. The van der Waals surface area contributed by atoms with Gasteiger partial charge in [0, 0.05) is 24.9 Å². The molecule has 0 radical (unpaired) electrons. The van der Waals surface area contributed by atoms with Crippen molar-refractivity contribution in [2.45, 2.75) is 33.6 Å². The van der Waals surface area contributed by atoms with E-state index in [4.69, 9.17) is 5.73 Å². The van der Waals surface area contributed by atoms with Gasteiger partial charge >= 0.3 is 0 Å². The molecule has 0 aromatic rings. The Morgan fingerprint density at radius 3 is 2.43 bits per heavy atom. The molecule has 1 rings (SSSR count). The topological polar surface area (TPSA) is 55.4 Å². The minimum Gasteiger partial charge on any atom is -0.401 e. The third kappa shape index (κ3) is 2.03. The predicted octanol–water partition coefficient (Wildman–Crippen LogP) is 1.68. The van der Waals surface area contributed by atoms with Crippen LogP contribution in [0.15, 0.2) is 16.3 Å². The van der Waals surface area contributed by atoms with Crippen molar-refractivity contribution in [1.82, 2.24) is 0 Å². The maximum absolute atomic E-state index is 11.8. The SMILES string of the molecule is CN=C(C)C1=C(N)CC(C)(C)CC1=O. The average Bonchev–Trinajstić information content (AvgIpc) is 1.99. The summed E-state index contributed by atoms with van der Waals surface area (Å²) in [6.45, 7) is 5.96. The van der Waals surface area contributed by atoms with Crippen LogP contribution in [0.2, 0.25) is 0 Å². The first-order valence-electron chi connectivity index (χ1n) is 4.83. The maximum Gasteiger partial charge on any atom is 0.166 e. The lowest BCUT2D eigenvalue weighted by Crippen LogP contribution is -2.31. The highest BCUT2D eigenvalue weighted by Gasteiger charge is 2.32. The van der Waals surface area contributed by atoms with Crippen molar-refractivity contribution in [1.29, 1.82) is 0 Å². The zero-order chi connectivity index (χ0) is 10.9. The second kappa shape index (κ2) is 3.56. The Bertz CT molecular complexity index is 324. The molecular weight excluding hydrogens is 176 g/mol. The first-order chi connectivity index (χ1) is 6.37. The molecule has 2 N–H and O–H groups in total. The minimum atomic E-state index is -0.00130. The predicted molar refractivity (Wildman–Crippen MR) is 58.3 cm³/mol. The van der Waals surface area contributed by atoms with E-state index in [2.05, 4.69) is 18.8 Å². The molecule has 14 heavy (non-hydrogen) atoms. The van der Waals surface area contributed by atoms with Gasteiger partial charge in [0.15, 0.2) is 5.78 Å². The second-order valence-corrected chi connectivity index (χ2v) is 4.65. The first kappa shape index (κ1) is 11.0. The Balaban J connectivity index is 3.12. The van der Waals surface area contributed by atoms with Crippen LogP contribution in [0, 0.1) is 5.41 Å². The van der Waals surface area contributed by atoms with Crippen LogP contribution in [0.4, 0.5) is 0 Å². The molecule has 0 spiro atoms. The van der Waals surface area contributed by atoms with Crippen LogP contribution < -0.4 is 5.73 Å². The lowest BCUT2D eigenvalue weighted by molar-refractivity contribution is -0.117. The van der Waals surface area contributed by atoms with Gasteiger partial charge < -0.3 is 5.73 Å². The number of rotatable bonds is 1. The van der Waals surface area contributed by atoms with E-state index in [-0.39, 0.29) is 11.2 Å². The summed E-state index contributed by atoms with van der Waals surface area (Å²) in [7, 11) is 1.68. The zero-order valence-corrected chi connectivity index (χ0v) is 9.35. The van der Waals surface area contributed by atoms with Crippen LogP contribution in [0.25, 0.3) is 0 Å². The van der Waals surface area contributed by atoms with Crippen LogP contribution in [-0.4, -0.2) is 18.5 Å². The van der Waals surface area contributed by atoms with Crippen molar-refractivity contribution < 1.29 is 4.79 Å². The van der Waals surface area contributed by atoms with Crippen LogP contribution >= 0.6 is 0 Å². The number of nitrogens with zero attached hydrogens (tertiary/aromatic N) is 1. The molecule has 0 aromatic carbocycles. The summed E-state index contributed by atoms with van der Waals surface area (Å²) in [5, 5.41) is 0. The fourth-order valence-electron chi connectivity index (χ4n) is 1.91. The number of carbonyl (C=O) groups is 1. The van der Waals surface area contributed by atoms with E-state index in [1.807, 2.05) is 6.92 Å². The van der Waals surface area contributed by atoms with E-state index in [9.17, 15) is 4.79 Å². The van der Waals surface area contributed by atoms with Crippen LogP contribution in [-0.2, 0) is 4.79 Å². The summed E-state index contributed by atoms with van der Waals surface area (Å²) < 4.78 is 0. The zero-order valence-electron chi connectivity index (χ0n) is 9.35. The Labute approximate surface area is 85.1 Å². The van der Waals surface area contributed by atoms with Crippen LogP contribution in [0.5, 0.6) is 0 Å². The molecule has 0 heterocycles. The normalized spacial score (nSPS) is 22.9. The molecule has 3 heteroatoms. The Morgan fingerprint density at radius 1 is 1.43 bits per heavy atom. The minimum absolute atomic E-state index is 0.00130. The number of Topliss-reactive ketones (excluding diaryl/α,β-unsaturated/α-hetero) is 1. The highest BCUT2D eigenvalue weighted by molar-refractivity contribution is 6.22. The Hall–Kier alpha value is -1.12. The van der Waals surface area contributed by atoms with Crippen molar-refractivity contribution in [2.24, 2.45) is 16.1 Å². The smallest absolute Gasteiger partial charge is 0.166 e. The van der Waals surface area contributed by atoms with Crippen molar-refractivity contribution in [3.63, 3.8) is 0 Å². The van der Waals surface area contributed by atoms with Gasteiger partial charge in [-0.2, -0.15) is 0 Å². The maximum atomic E-state index is 11.8. The average molecular weight is 194 g/mol. The van der Waals surface area contributed by atoms with Gasteiger partial charge in [0.25, 0.3) is 0 Å². The Kier molecular flexibility index (Phi) is 2.79. The molecule has 78 valence electrons. The molecule has 0 bridgehead atoms. The largest absolute Gasteiger partial charge is 0.401 e. The van der Waals surface area contributed by atoms with Gasteiger partial charge in [0.1, 0.15) is 0 Å². The summed E-state index contributed by atoms with van der Waals surface area (Å²) in [5.41, 5.74) is 7.99. The van der Waals surface area contributed by atoms with E-state index in [0.717, 1.165) is 12.1 Å². The number of allylic oxidation sites excluding steroid dienone is 2. The van der Waals surface area contributed by atoms with E-state index < -0.39 is 0 Å². The van der Waals surface area contributed by atoms with E-state index in [1.165, 1.54) is 0 Å². The number of carbonyl (C=O) groups excluding carboxylic acids is 1. The van der Waals surface area contributed by atoms with Crippen molar-refractivity contribution in [3.05, 3.63) is 11.3 Å². The molecule has 0 atom stereocenters. The van der Waals surface area contributed by atoms with Crippen molar-refractivity contribution in [3.8, 4) is 0 Å². The summed E-state index contributed by atoms with van der Waals surface area (Å²) in [4.78, 5) is 15.8. The number of nitrogens with two attached hydrogens (primary N) is 1. The fraction of sp³-hybridized carbons (Fsp3) is 0.636. The lowest BCUT2D eigenvalue weighted by Gasteiger charge is -2.30. The second-order valence-electron chi connectivity index (χ2n) is 4.65. The van der Waals surface area contributed by atoms with Gasteiger partial charge in [0.2, 0.25) is 0 Å². The fourth-order valence-corrected chi connectivity index (χ4v) is 1.91. The van der Waals surface area contributed by atoms with Crippen molar-refractivity contribution >= 4 is 11.5 Å². The molecule has 0 saturated heterocycles. The molecule has 0 amide bonds. The van der Waals surface area contributed by atoms with Gasteiger partial charge in [-0.3, -0.25) is 9.79 Å². The quantitative estimate of drug-likeness (QED) is 0.646. The number of ketones is 1. The summed E-state index contributed by atoms with van der Waals surface area (Å²) in [6, 6.07) is 0. The molecule has 0 fully saturated rings. The van der Waals surface area contributed by atoms with Gasteiger partial charge in [-0.25, -0.2) is 0 Å². The number of hydrogen-bond donors (Lipinski definition) is 1. The van der Waals surface area contributed by atoms with Gasteiger partial charge in [-0.05, 0) is 18.8 Å². The van der Waals surface area contributed by atoms with Crippen LogP contribution in [0.3, 0.4) is 0 Å². The molecule has 1 aliphatic rings. The Morgan fingerprint density at radius 2 is 2.00 bits per heavy atom. The molecule has 0 aliphatic heterocycles. The van der Waals surface area contributed by atoms with Crippen molar-refractivity contribution in [2.75, 3.05) is 7.05 Å². The third-order valence-electron chi connectivity index (χ3n) is 2.61. The molecule has 1 aliphatic carbocycles. The first-order valence-corrected chi connectivity index (χ1v) is 4.83. The summed E-state index contributed by atoms with van der Waals surface area (Å²) in [5.74, 6) is 0.127. The monoisotopic (exact) mass is 194 g/mol. The van der Waals surface area contributed by atoms with Gasteiger partial charge in [0.05, 0.1) is 5.57 Å².